The number of carbonyl (C=O) groups is 1. The molecule has 2 aliphatic heterocycles. The molecule has 1 unspecified atom stereocenters. The second kappa shape index (κ2) is 8.33. The van der Waals surface area contributed by atoms with Crippen molar-refractivity contribution in [1.82, 2.24) is 4.31 Å². The van der Waals surface area contributed by atoms with Crippen LogP contribution in [-0.4, -0.2) is 52.5 Å². The third-order valence-corrected chi connectivity index (χ3v) is 8.30. The number of hydrogen-bond donors (Lipinski definition) is 0. The zero-order valence-corrected chi connectivity index (χ0v) is 19.1. The van der Waals surface area contributed by atoms with E-state index in [0.717, 1.165) is 5.69 Å². The van der Waals surface area contributed by atoms with Gasteiger partial charge in [-0.2, -0.15) is 4.31 Å². The minimum atomic E-state index is -3.87. The van der Waals surface area contributed by atoms with Crippen molar-refractivity contribution in [2.24, 2.45) is 5.41 Å². The Kier molecular flexibility index (Phi) is 5.89. The van der Waals surface area contributed by atoms with Crippen LogP contribution in [0.15, 0.2) is 47.4 Å². The number of benzene rings is 2. The Morgan fingerprint density at radius 2 is 1.74 bits per heavy atom. The van der Waals surface area contributed by atoms with Crippen LogP contribution >= 0.6 is 11.6 Å². The van der Waals surface area contributed by atoms with E-state index in [2.05, 4.69) is 0 Å². The van der Waals surface area contributed by atoms with Gasteiger partial charge in [-0.05, 0) is 55.7 Å². The Labute approximate surface area is 187 Å². The molecule has 31 heavy (non-hydrogen) atoms. The normalized spacial score (nSPS) is 22.2. The van der Waals surface area contributed by atoms with E-state index in [1.165, 1.54) is 24.6 Å². The van der Waals surface area contributed by atoms with Crippen molar-refractivity contribution in [3.8, 4) is 11.5 Å². The number of sulfonamides is 1. The lowest BCUT2D eigenvalue weighted by Crippen LogP contribution is -2.49. The van der Waals surface area contributed by atoms with Gasteiger partial charge in [-0.1, -0.05) is 11.6 Å². The first-order chi connectivity index (χ1) is 14.8. The second-order valence-electron chi connectivity index (χ2n) is 7.92. The molecule has 0 N–H and O–H groups in total. The third kappa shape index (κ3) is 3.88. The number of ether oxygens (including phenoxy) is 2. The van der Waals surface area contributed by atoms with Gasteiger partial charge in [0.1, 0.15) is 16.4 Å². The molecule has 2 saturated heterocycles. The first kappa shape index (κ1) is 21.9. The summed E-state index contributed by atoms with van der Waals surface area (Å²) in [5, 5.41) is 0.604. The van der Waals surface area contributed by atoms with Crippen LogP contribution in [-0.2, 0) is 14.8 Å². The lowest BCUT2D eigenvalue weighted by Gasteiger charge is -2.38. The van der Waals surface area contributed by atoms with E-state index < -0.39 is 15.4 Å². The number of carbonyl (C=O) groups excluding carboxylic acids is 1. The number of nitrogens with zero attached hydrogens (tertiary/aromatic N) is 2. The lowest BCUT2D eigenvalue weighted by atomic mass is 9.79. The summed E-state index contributed by atoms with van der Waals surface area (Å²) in [6.07, 6.45) is 1.89. The molecule has 0 radical (unpaired) electrons. The van der Waals surface area contributed by atoms with Crippen molar-refractivity contribution in [2.45, 2.75) is 24.2 Å². The SMILES string of the molecule is COc1ccc(OC)c(S(=O)(=O)N2CCCC3(CCN(c4ccc(Cl)cc4)C3=O)C2)c1. The van der Waals surface area contributed by atoms with Crippen LogP contribution in [0.1, 0.15) is 19.3 Å². The standard InChI is InChI=1S/C22H25ClN2O5S/c1-29-18-8-9-19(30-2)20(14-18)31(27,28)24-12-3-10-22(15-24)11-13-25(21(22)26)17-6-4-16(23)5-7-17/h4-9,14H,3,10-13,15H2,1-2H3. The van der Waals surface area contributed by atoms with Gasteiger partial charge in [0.2, 0.25) is 15.9 Å². The zero-order chi connectivity index (χ0) is 22.2. The molecule has 1 spiro atoms. The van der Waals surface area contributed by atoms with Gasteiger partial charge in [0.15, 0.2) is 0 Å². The van der Waals surface area contributed by atoms with Gasteiger partial charge in [0.05, 0.1) is 19.6 Å². The molecule has 2 aromatic carbocycles. The zero-order valence-electron chi connectivity index (χ0n) is 17.5. The van der Waals surface area contributed by atoms with Crippen molar-refractivity contribution in [3.63, 3.8) is 0 Å². The molecule has 0 bridgehead atoms. The van der Waals surface area contributed by atoms with E-state index in [4.69, 9.17) is 21.1 Å². The fourth-order valence-electron chi connectivity index (χ4n) is 4.49. The van der Waals surface area contributed by atoms with E-state index in [9.17, 15) is 13.2 Å². The lowest BCUT2D eigenvalue weighted by molar-refractivity contribution is -0.127. The molecule has 7 nitrogen and oxygen atoms in total. The molecule has 0 saturated carbocycles. The predicted octanol–water partition coefficient (Wildman–Crippen LogP) is 3.57. The quantitative estimate of drug-likeness (QED) is 0.676. The highest BCUT2D eigenvalue weighted by Gasteiger charge is 2.51. The van der Waals surface area contributed by atoms with Crippen molar-refractivity contribution in [3.05, 3.63) is 47.5 Å². The fourth-order valence-corrected chi connectivity index (χ4v) is 6.35. The molecular weight excluding hydrogens is 440 g/mol. The topological polar surface area (TPSA) is 76.2 Å². The molecule has 9 heteroatoms. The number of methoxy groups -OCH3 is 2. The largest absolute Gasteiger partial charge is 0.497 e. The van der Waals surface area contributed by atoms with Gasteiger partial charge in [-0.25, -0.2) is 8.42 Å². The minimum absolute atomic E-state index is 0.0349. The maximum atomic E-state index is 13.5. The van der Waals surface area contributed by atoms with Gasteiger partial charge in [0, 0.05) is 36.4 Å². The number of rotatable bonds is 5. The highest BCUT2D eigenvalue weighted by molar-refractivity contribution is 7.89. The van der Waals surface area contributed by atoms with Crippen LogP contribution < -0.4 is 14.4 Å². The highest BCUT2D eigenvalue weighted by atomic mass is 35.5. The molecule has 4 rings (SSSR count). The van der Waals surface area contributed by atoms with Gasteiger partial charge in [-0.15, -0.1) is 0 Å². The smallest absolute Gasteiger partial charge is 0.246 e. The summed E-state index contributed by atoms with van der Waals surface area (Å²) in [4.78, 5) is 15.2. The van der Waals surface area contributed by atoms with Crippen LogP contribution in [0.2, 0.25) is 5.02 Å². The average molecular weight is 465 g/mol. The fraction of sp³-hybridized carbons (Fsp3) is 0.409. The van der Waals surface area contributed by atoms with Crippen LogP contribution in [0.25, 0.3) is 0 Å². The monoisotopic (exact) mass is 464 g/mol. The number of amides is 1. The average Bonchev–Trinajstić information content (AvgIpc) is 3.09. The van der Waals surface area contributed by atoms with E-state index in [1.807, 2.05) is 12.1 Å². The maximum Gasteiger partial charge on any atom is 0.246 e. The number of hydrogen-bond acceptors (Lipinski definition) is 5. The molecule has 1 atom stereocenters. The number of halogens is 1. The summed E-state index contributed by atoms with van der Waals surface area (Å²) in [5.74, 6) is 0.644. The molecule has 1 amide bonds. The van der Waals surface area contributed by atoms with Crippen LogP contribution in [0, 0.1) is 5.41 Å². The summed E-state index contributed by atoms with van der Waals surface area (Å²) < 4.78 is 39.0. The summed E-state index contributed by atoms with van der Waals surface area (Å²) in [6, 6.07) is 11.8. The molecule has 2 aromatic rings. The van der Waals surface area contributed by atoms with Crippen LogP contribution in [0.4, 0.5) is 5.69 Å². The van der Waals surface area contributed by atoms with E-state index in [0.29, 0.717) is 43.1 Å². The predicted molar refractivity (Wildman–Crippen MR) is 118 cm³/mol. The first-order valence-electron chi connectivity index (χ1n) is 10.1. The van der Waals surface area contributed by atoms with Crippen molar-refractivity contribution < 1.29 is 22.7 Å². The summed E-state index contributed by atoms with van der Waals surface area (Å²) in [5.41, 5.74) is 0.0533. The van der Waals surface area contributed by atoms with Crippen molar-refractivity contribution >= 4 is 33.2 Å². The Balaban J connectivity index is 1.63. The van der Waals surface area contributed by atoms with Crippen LogP contribution in [0.3, 0.4) is 0 Å². The Morgan fingerprint density at radius 3 is 2.42 bits per heavy atom. The minimum Gasteiger partial charge on any atom is -0.497 e. The van der Waals surface area contributed by atoms with Gasteiger partial charge in [0.25, 0.3) is 0 Å². The molecule has 166 valence electrons. The molecule has 2 fully saturated rings. The number of anilines is 1. The van der Waals surface area contributed by atoms with E-state index in [1.54, 1.807) is 29.2 Å². The molecule has 2 heterocycles. The van der Waals surface area contributed by atoms with E-state index in [-0.39, 0.29) is 23.1 Å². The summed E-state index contributed by atoms with van der Waals surface area (Å²) in [6.45, 7) is 1.06. The Morgan fingerprint density at radius 1 is 1.00 bits per heavy atom. The Bertz CT molecular complexity index is 1090. The summed E-state index contributed by atoms with van der Waals surface area (Å²) in [7, 11) is -0.956. The molecule has 0 aliphatic carbocycles. The molecule has 0 aromatic heterocycles. The third-order valence-electron chi connectivity index (χ3n) is 6.18. The van der Waals surface area contributed by atoms with Crippen LogP contribution in [0.5, 0.6) is 11.5 Å². The van der Waals surface area contributed by atoms with Gasteiger partial charge >= 0.3 is 0 Å². The van der Waals surface area contributed by atoms with Gasteiger partial charge < -0.3 is 14.4 Å². The second-order valence-corrected chi connectivity index (χ2v) is 10.3. The molecule has 2 aliphatic rings. The first-order valence-corrected chi connectivity index (χ1v) is 11.9. The van der Waals surface area contributed by atoms with Crippen molar-refractivity contribution in [1.29, 1.82) is 0 Å². The maximum absolute atomic E-state index is 13.5. The van der Waals surface area contributed by atoms with Crippen molar-refractivity contribution in [2.75, 3.05) is 38.8 Å². The van der Waals surface area contributed by atoms with Gasteiger partial charge in [-0.3, -0.25) is 4.79 Å². The highest BCUT2D eigenvalue weighted by Crippen LogP contribution is 2.44. The molecular formula is C22H25ClN2O5S. The number of piperidine rings is 1. The summed E-state index contributed by atoms with van der Waals surface area (Å²) >= 11 is 5.97. The Hall–Kier alpha value is -2.29. The van der Waals surface area contributed by atoms with E-state index >= 15 is 0 Å².